The number of esters is 1. The average molecular weight is 406 g/mol. The quantitative estimate of drug-likeness (QED) is 0.349. The summed E-state index contributed by atoms with van der Waals surface area (Å²) in [7, 11) is 1.59. The standard InChI is InChI=1S/C23H22N2O5/c1-3-29-23(27)18-8-6-17(7-9-18)21-13-12-20(30-21)15-24-25-22(26)14-16-4-10-19(28-2)11-5-16/h4-13,15H,3,14H2,1-2H3,(H,25,26)/b24-15-. The van der Waals surface area contributed by atoms with Crippen molar-refractivity contribution in [3.05, 3.63) is 77.6 Å². The van der Waals surface area contributed by atoms with Crippen LogP contribution in [-0.4, -0.2) is 31.8 Å². The number of hydrogen-bond acceptors (Lipinski definition) is 6. The van der Waals surface area contributed by atoms with Crippen molar-refractivity contribution in [3.63, 3.8) is 0 Å². The Morgan fingerprint density at radius 2 is 1.77 bits per heavy atom. The number of amides is 1. The van der Waals surface area contributed by atoms with Gasteiger partial charge in [0.25, 0.3) is 0 Å². The maximum Gasteiger partial charge on any atom is 0.338 e. The summed E-state index contributed by atoms with van der Waals surface area (Å²) in [4.78, 5) is 23.7. The molecule has 0 unspecified atom stereocenters. The molecule has 1 amide bonds. The van der Waals surface area contributed by atoms with Crippen LogP contribution in [0.25, 0.3) is 11.3 Å². The van der Waals surface area contributed by atoms with Gasteiger partial charge in [-0.3, -0.25) is 4.79 Å². The van der Waals surface area contributed by atoms with Gasteiger partial charge in [-0.2, -0.15) is 5.10 Å². The van der Waals surface area contributed by atoms with Crippen LogP contribution in [0.3, 0.4) is 0 Å². The lowest BCUT2D eigenvalue weighted by Crippen LogP contribution is -2.19. The minimum atomic E-state index is -0.360. The Kier molecular flexibility index (Phi) is 7.00. The van der Waals surface area contributed by atoms with Crippen molar-refractivity contribution in [2.45, 2.75) is 13.3 Å². The molecule has 1 aromatic heterocycles. The van der Waals surface area contributed by atoms with Gasteiger partial charge in [0, 0.05) is 5.56 Å². The van der Waals surface area contributed by atoms with Crippen molar-refractivity contribution in [2.75, 3.05) is 13.7 Å². The topological polar surface area (TPSA) is 90.1 Å². The third kappa shape index (κ3) is 5.57. The predicted octanol–water partition coefficient (Wildman–Crippen LogP) is 3.82. The molecule has 1 N–H and O–H groups in total. The third-order valence-electron chi connectivity index (χ3n) is 4.21. The first kappa shape index (κ1) is 20.9. The molecule has 2 aromatic carbocycles. The lowest BCUT2D eigenvalue weighted by Gasteiger charge is -2.03. The van der Waals surface area contributed by atoms with Gasteiger partial charge in [0.15, 0.2) is 0 Å². The van der Waals surface area contributed by atoms with Crippen LogP contribution in [0.2, 0.25) is 0 Å². The fourth-order valence-electron chi connectivity index (χ4n) is 2.70. The Labute approximate surface area is 174 Å². The van der Waals surface area contributed by atoms with Gasteiger partial charge in [-0.05, 0) is 48.9 Å². The molecule has 0 aliphatic heterocycles. The number of carbonyl (C=O) groups excluding carboxylic acids is 2. The summed E-state index contributed by atoms with van der Waals surface area (Å²) in [6.45, 7) is 2.10. The van der Waals surface area contributed by atoms with E-state index in [9.17, 15) is 9.59 Å². The highest BCUT2D eigenvalue weighted by atomic mass is 16.5. The number of rotatable bonds is 8. The number of nitrogens with one attached hydrogen (secondary N) is 1. The number of carbonyl (C=O) groups is 2. The molecule has 154 valence electrons. The van der Waals surface area contributed by atoms with Gasteiger partial charge >= 0.3 is 5.97 Å². The lowest BCUT2D eigenvalue weighted by atomic mass is 10.1. The maximum absolute atomic E-state index is 12.0. The van der Waals surface area contributed by atoms with Crippen LogP contribution in [-0.2, 0) is 16.0 Å². The summed E-state index contributed by atoms with van der Waals surface area (Å²) >= 11 is 0. The Balaban J connectivity index is 1.54. The summed E-state index contributed by atoms with van der Waals surface area (Å²) in [5, 5.41) is 3.93. The molecule has 30 heavy (non-hydrogen) atoms. The van der Waals surface area contributed by atoms with Crippen molar-refractivity contribution in [1.82, 2.24) is 5.43 Å². The Morgan fingerprint density at radius 3 is 2.43 bits per heavy atom. The zero-order valence-corrected chi connectivity index (χ0v) is 16.8. The maximum atomic E-state index is 12.0. The van der Waals surface area contributed by atoms with Gasteiger partial charge in [0.1, 0.15) is 17.3 Å². The monoisotopic (exact) mass is 406 g/mol. The fourth-order valence-corrected chi connectivity index (χ4v) is 2.70. The molecule has 0 aliphatic carbocycles. The largest absolute Gasteiger partial charge is 0.497 e. The van der Waals surface area contributed by atoms with E-state index in [0.29, 0.717) is 23.7 Å². The lowest BCUT2D eigenvalue weighted by molar-refractivity contribution is -0.120. The Morgan fingerprint density at radius 1 is 1.03 bits per heavy atom. The van der Waals surface area contributed by atoms with Crippen LogP contribution in [0.1, 0.15) is 28.6 Å². The normalized spacial score (nSPS) is 10.7. The van der Waals surface area contributed by atoms with E-state index in [2.05, 4.69) is 10.5 Å². The first-order valence-corrected chi connectivity index (χ1v) is 9.41. The summed E-state index contributed by atoms with van der Waals surface area (Å²) in [6.07, 6.45) is 1.64. The molecule has 7 nitrogen and oxygen atoms in total. The first-order chi connectivity index (χ1) is 14.6. The van der Waals surface area contributed by atoms with E-state index in [-0.39, 0.29) is 18.3 Å². The second kappa shape index (κ2) is 10.1. The second-order valence-corrected chi connectivity index (χ2v) is 6.32. The molecule has 0 aliphatic rings. The van der Waals surface area contributed by atoms with E-state index in [1.54, 1.807) is 62.6 Å². The number of benzene rings is 2. The Bertz CT molecular complexity index is 1020. The van der Waals surface area contributed by atoms with E-state index in [1.807, 2.05) is 12.1 Å². The molecular formula is C23H22N2O5. The van der Waals surface area contributed by atoms with Crippen molar-refractivity contribution >= 4 is 18.1 Å². The number of hydrogen-bond donors (Lipinski definition) is 1. The predicted molar refractivity (Wildman–Crippen MR) is 113 cm³/mol. The summed E-state index contributed by atoms with van der Waals surface area (Å²) in [6, 6.07) is 17.7. The van der Waals surface area contributed by atoms with Crippen molar-refractivity contribution in [2.24, 2.45) is 5.10 Å². The third-order valence-corrected chi connectivity index (χ3v) is 4.21. The molecule has 0 bridgehead atoms. The molecule has 0 spiro atoms. The first-order valence-electron chi connectivity index (χ1n) is 9.41. The molecule has 3 rings (SSSR count). The van der Waals surface area contributed by atoms with Gasteiger partial charge in [0.05, 0.1) is 31.9 Å². The molecule has 0 saturated carbocycles. The van der Waals surface area contributed by atoms with Crippen LogP contribution in [0.4, 0.5) is 0 Å². The smallest absolute Gasteiger partial charge is 0.338 e. The summed E-state index contributed by atoms with van der Waals surface area (Å²) < 4.78 is 15.8. The van der Waals surface area contributed by atoms with E-state index in [4.69, 9.17) is 13.9 Å². The SMILES string of the molecule is CCOC(=O)c1ccc(-c2ccc(/C=N\NC(=O)Cc3ccc(OC)cc3)o2)cc1. The van der Waals surface area contributed by atoms with Crippen molar-refractivity contribution < 1.29 is 23.5 Å². The molecule has 0 saturated heterocycles. The van der Waals surface area contributed by atoms with Crippen LogP contribution < -0.4 is 10.2 Å². The van der Waals surface area contributed by atoms with E-state index >= 15 is 0 Å². The van der Waals surface area contributed by atoms with E-state index in [0.717, 1.165) is 16.9 Å². The van der Waals surface area contributed by atoms with Gasteiger partial charge < -0.3 is 13.9 Å². The molecule has 1 heterocycles. The van der Waals surface area contributed by atoms with Crippen LogP contribution in [0.5, 0.6) is 5.75 Å². The fraction of sp³-hybridized carbons (Fsp3) is 0.174. The highest BCUT2D eigenvalue weighted by Crippen LogP contribution is 2.22. The molecule has 0 fully saturated rings. The summed E-state index contributed by atoms with van der Waals surface area (Å²) in [5.74, 6) is 1.25. The highest BCUT2D eigenvalue weighted by Gasteiger charge is 2.08. The van der Waals surface area contributed by atoms with Crippen LogP contribution in [0.15, 0.2) is 70.2 Å². The molecule has 3 aromatic rings. The number of ether oxygens (including phenoxy) is 2. The molecule has 7 heteroatoms. The van der Waals surface area contributed by atoms with Crippen molar-refractivity contribution in [3.8, 4) is 17.1 Å². The molecular weight excluding hydrogens is 384 g/mol. The number of furan rings is 1. The van der Waals surface area contributed by atoms with Crippen molar-refractivity contribution in [1.29, 1.82) is 0 Å². The zero-order valence-electron chi connectivity index (χ0n) is 16.8. The molecule has 0 atom stereocenters. The Hall–Kier alpha value is -3.87. The van der Waals surface area contributed by atoms with E-state index in [1.165, 1.54) is 6.21 Å². The van der Waals surface area contributed by atoms with Gasteiger partial charge in [-0.1, -0.05) is 24.3 Å². The number of hydrazone groups is 1. The minimum Gasteiger partial charge on any atom is -0.497 e. The van der Waals surface area contributed by atoms with E-state index < -0.39 is 0 Å². The minimum absolute atomic E-state index is 0.206. The van der Waals surface area contributed by atoms with Gasteiger partial charge in [0.2, 0.25) is 5.91 Å². The molecule has 0 radical (unpaired) electrons. The average Bonchev–Trinajstić information content (AvgIpc) is 3.23. The van der Waals surface area contributed by atoms with Gasteiger partial charge in [-0.15, -0.1) is 0 Å². The second-order valence-electron chi connectivity index (χ2n) is 6.32. The van der Waals surface area contributed by atoms with Crippen LogP contribution >= 0.6 is 0 Å². The van der Waals surface area contributed by atoms with Crippen LogP contribution in [0, 0.1) is 0 Å². The zero-order chi connectivity index (χ0) is 21.3. The number of methoxy groups -OCH3 is 1. The van der Waals surface area contributed by atoms with Gasteiger partial charge in [-0.25, -0.2) is 10.2 Å². The summed E-state index contributed by atoms with van der Waals surface area (Å²) in [5.41, 5.74) is 4.62. The number of nitrogens with zero attached hydrogens (tertiary/aromatic N) is 1. The highest BCUT2D eigenvalue weighted by molar-refractivity contribution is 5.90.